The second kappa shape index (κ2) is 9.46. The number of nitrogens with one attached hydrogen (secondary N) is 1. The Hall–Kier alpha value is -2.47. The van der Waals surface area contributed by atoms with Gasteiger partial charge in [-0.2, -0.15) is 0 Å². The predicted molar refractivity (Wildman–Crippen MR) is 101 cm³/mol. The summed E-state index contributed by atoms with van der Waals surface area (Å²) in [5.41, 5.74) is 0.742. The highest BCUT2D eigenvalue weighted by molar-refractivity contribution is 6.30. The van der Waals surface area contributed by atoms with Crippen molar-refractivity contribution in [1.29, 1.82) is 0 Å². The monoisotopic (exact) mass is 394 g/mol. The normalized spacial score (nSPS) is 11.7. The van der Waals surface area contributed by atoms with Crippen molar-refractivity contribution >= 4 is 23.4 Å². The second-order valence-corrected chi connectivity index (χ2v) is 6.65. The Morgan fingerprint density at radius 1 is 1.15 bits per heavy atom. The lowest BCUT2D eigenvalue weighted by molar-refractivity contribution is -0.131. The van der Waals surface area contributed by atoms with Gasteiger partial charge >= 0.3 is 0 Å². The van der Waals surface area contributed by atoms with Gasteiger partial charge in [-0.3, -0.25) is 9.59 Å². The van der Waals surface area contributed by atoms with Gasteiger partial charge in [0.2, 0.25) is 5.91 Å². The first-order chi connectivity index (χ1) is 12.8. The van der Waals surface area contributed by atoms with Gasteiger partial charge in [-0.15, -0.1) is 0 Å². The Balaban J connectivity index is 1.79. The average molecular weight is 395 g/mol. The van der Waals surface area contributed by atoms with Crippen LogP contribution < -0.4 is 5.32 Å². The third-order valence-corrected chi connectivity index (χ3v) is 4.61. The molecule has 0 saturated heterocycles. The number of hydrogen-bond donors (Lipinski definition) is 1. The molecule has 0 aliphatic carbocycles. The maximum absolute atomic E-state index is 13.5. The van der Waals surface area contributed by atoms with Crippen molar-refractivity contribution in [2.75, 3.05) is 13.6 Å². The molecule has 0 aliphatic heterocycles. The molecular formula is C20H21ClF2N2O2. The van der Waals surface area contributed by atoms with Gasteiger partial charge < -0.3 is 10.2 Å². The first-order valence-corrected chi connectivity index (χ1v) is 8.91. The molecule has 0 saturated carbocycles. The van der Waals surface area contributed by atoms with Crippen molar-refractivity contribution in [3.05, 3.63) is 70.2 Å². The molecule has 0 bridgehead atoms. The third kappa shape index (κ3) is 5.76. The number of amides is 2. The van der Waals surface area contributed by atoms with E-state index in [9.17, 15) is 18.4 Å². The van der Waals surface area contributed by atoms with Crippen molar-refractivity contribution in [2.45, 2.75) is 25.8 Å². The molecule has 0 fully saturated rings. The summed E-state index contributed by atoms with van der Waals surface area (Å²) in [6.45, 7) is 2.13. The minimum absolute atomic E-state index is 0.0698. The SMILES string of the molecule is CC(c1ccc(Cl)cc1)N(C)C(=O)CCCNC(=O)c1ccc(F)cc1F. The molecule has 1 unspecified atom stereocenters. The van der Waals surface area contributed by atoms with E-state index < -0.39 is 17.5 Å². The summed E-state index contributed by atoms with van der Waals surface area (Å²) in [5.74, 6) is -2.37. The largest absolute Gasteiger partial charge is 0.352 e. The van der Waals surface area contributed by atoms with Crippen LogP contribution in [0.2, 0.25) is 5.02 Å². The average Bonchev–Trinajstić information content (AvgIpc) is 2.64. The molecule has 7 heteroatoms. The Morgan fingerprint density at radius 3 is 2.44 bits per heavy atom. The Labute approximate surface area is 162 Å². The van der Waals surface area contributed by atoms with Gasteiger partial charge in [0.1, 0.15) is 11.6 Å². The van der Waals surface area contributed by atoms with E-state index >= 15 is 0 Å². The summed E-state index contributed by atoms with van der Waals surface area (Å²) in [7, 11) is 1.72. The topological polar surface area (TPSA) is 49.4 Å². The lowest BCUT2D eigenvalue weighted by Crippen LogP contribution is -2.31. The number of halogens is 3. The standard InChI is InChI=1S/C20H21ClF2N2O2/c1-13(14-5-7-15(21)8-6-14)25(2)19(26)4-3-11-24-20(27)17-10-9-16(22)12-18(17)23/h5-10,12-13H,3-4,11H2,1-2H3,(H,24,27). The molecule has 0 heterocycles. The molecule has 27 heavy (non-hydrogen) atoms. The van der Waals surface area contributed by atoms with Crippen LogP contribution >= 0.6 is 11.6 Å². The fourth-order valence-electron chi connectivity index (χ4n) is 2.57. The van der Waals surface area contributed by atoms with Crippen molar-refractivity contribution in [1.82, 2.24) is 10.2 Å². The molecule has 2 aromatic rings. The van der Waals surface area contributed by atoms with E-state index in [4.69, 9.17) is 11.6 Å². The van der Waals surface area contributed by atoms with E-state index in [1.165, 1.54) is 0 Å². The smallest absolute Gasteiger partial charge is 0.254 e. The summed E-state index contributed by atoms with van der Waals surface area (Å²) in [6, 6.07) is 9.94. The molecule has 2 aromatic carbocycles. The maximum atomic E-state index is 13.5. The number of carbonyl (C=O) groups is 2. The van der Waals surface area contributed by atoms with Gasteiger partial charge in [0.15, 0.2) is 0 Å². The molecule has 1 atom stereocenters. The van der Waals surface area contributed by atoms with Crippen LogP contribution in [0.1, 0.15) is 41.7 Å². The van der Waals surface area contributed by atoms with Crippen LogP contribution in [0.15, 0.2) is 42.5 Å². The highest BCUT2D eigenvalue weighted by Gasteiger charge is 2.17. The number of nitrogens with zero attached hydrogens (tertiary/aromatic N) is 1. The first kappa shape index (κ1) is 20.8. The van der Waals surface area contributed by atoms with E-state index in [-0.39, 0.29) is 30.5 Å². The van der Waals surface area contributed by atoms with Gasteiger partial charge in [0.25, 0.3) is 5.91 Å². The highest BCUT2D eigenvalue weighted by Crippen LogP contribution is 2.21. The Kier molecular flexibility index (Phi) is 7.30. The molecular weight excluding hydrogens is 374 g/mol. The first-order valence-electron chi connectivity index (χ1n) is 8.54. The molecule has 0 aliphatic rings. The van der Waals surface area contributed by atoms with E-state index in [2.05, 4.69) is 5.32 Å². The van der Waals surface area contributed by atoms with Crippen molar-refractivity contribution < 1.29 is 18.4 Å². The minimum atomic E-state index is -0.917. The number of rotatable bonds is 7. The van der Waals surface area contributed by atoms with E-state index in [1.807, 2.05) is 19.1 Å². The van der Waals surface area contributed by atoms with Gasteiger partial charge in [0, 0.05) is 31.1 Å². The van der Waals surface area contributed by atoms with Crippen LogP contribution in [-0.4, -0.2) is 30.3 Å². The summed E-state index contributed by atoms with van der Waals surface area (Å²) in [5, 5.41) is 3.17. The molecule has 1 N–H and O–H groups in total. The molecule has 2 rings (SSSR count). The number of carbonyl (C=O) groups excluding carboxylic acids is 2. The molecule has 144 valence electrons. The van der Waals surface area contributed by atoms with Crippen LogP contribution in [0, 0.1) is 11.6 Å². The maximum Gasteiger partial charge on any atom is 0.254 e. The quantitative estimate of drug-likeness (QED) is 0.710. The van der Waals surface area contributed by atoms with Gasteiger partial charge in [-0.25, -0.2) is 8.78 Å². The van der Waals surface area contributed by atoms with E-state index in [0.29, 0.717) is 17.5 Å². The summed E-state index contributed by atoms with van der Waals surface area (Å²) >= 11 is 5.87. The van der Waals surface area contributed by atoms with Crippen LogP contribution in [0.5, 0.6) is 0 Å². The molecule has 0 radical (unpaired) electrons. The van der Waals surface area contributed by atoms with Gasteiger partial charge in [0.05, 0.1) is 11.6 Å². The van der Waals surface area contributed by atoms with Crippen LogP contribution in [0.25, 0.3) is 0 Å². The Bertz CT molecular complexity index is 812. The van der Waals surface area contributed by atoms with Crippen LogP contribution in [0.3, 0.4) is 0 Å². The minimum Gasteiger partial charge on any atom is -0.352 e. The van der Waals surface area contributed by atoms with Gasteiger partial charge in [-0.05, 0) is 43.2 Å². The lowest BCUT2D eigenvalue weighted by Gasteiger charge is -2.25. The summed E-state index contributed by atoms with van der Waals surface area (Å²) in [6.07, 6.45) is 0.645. The molecule has 0 spiro atoms. The lowest BCUT2D eigenvalue weighted by atomic mass is 10.1. The highest BCUT2D eigenvalue weighted by atomic mass is 35.5. The van der Waals surface area contributed by atoms with E-state index in [1.54, 1.807) is 24.1 Å². The second-order valence-electron chi connectivity index (χ2n) is 6.22. The number of hydrogen-bond acceptors (Lipinski definition) is 2. The molecule has 0 aromatic heterocycles. The molecule has 4 nitrogen and oxygen atoms in total. The van der Waals surface area contributed by atoms with E-state index in [0.717, 1.165) is 17.7 Å². The summed E-state index contributed by atoms with van der Waals surface area (Å²) in [4.78, 5) is 25.8. The van der Waals surface area contributed by atoms with Gasteiger partial charge in [-0.1, -0.05) is 23.7 Å². The summed E-state index contributed by atoms with van der Waals surface area (Å²) < 4.78 is 26.4. The van der Waals surface area contributed by atoms with Crippen LogP contribution in [-0.2, 0) is 4.79 Å². The number of benzene rings is 2. The predicted octanol–water partition coefficient (Wildman–Crippen LogP) is 4.35. The van der Waals surface area contributed by atoms with Crippen molar-refractivity contribution in [3.63, 3.8) is 0 Å². The zero-order chi connectivity index (χ0) is 20.0. The fourth-order valence-corrected chi connectivity index (χ4v) is 2.69. The van der Waals surface area contributed by atoms with Crippen LogP contribution in [0.4, 0.5) is 8.78 Å². The zero-order valence-electron chi connectivity index (χ0n) is 15.1. The Morgan fingerprint density at radius 2 is 1.81 bits per heavy atom. The van der Waals surface area contributed by atoms with Crippen molar-refractivity contribution in [2.24, 2.45) is 0 Å². The fraction of sp³-hybridized carbons (Fsp3) is 0.300. The zero-order valence-corrected chi connectivity index (χ0v) is 15.9. The molecule has 2 amide bonds. The third-order valence-electron chi connectivity index (χ3n) is 4.36. The van der Waals surface area contributed by atoms with Crippen molar-refractivity contribution in [3.8, 4) is 0 Å².